The van der Waals surface area contributed by atoms with Crippen LogP contribution in [0.15, 0.2) is 57.2 Å². The monoisotopic (exact) mass is 399 g/mol. The Bertz CT molecular complexity index is 972. The maximum Gasteiger partial charge on any atom is 0.295 e. The molecule has 3 aromatic rings. The summed E-state index contributed by atoms with van der Waals surface area (Å²) in [4.78, 5) is 12.2. The number of carbonyl (C=O) groups excluding carboxylic acids is 1. The Morgan fingerprint density at radius 3 is 2.48 bits per heavy atom. The van der Waals surface area contributed by atoms with Crippen LogP contribution in [0.2, 0.25) is 0 Å². The summed E-state index contributed by atoms with van der Waals surface area (Å²) < 4.78 is 2.67. The van der Waals surface area contributed by atoms with Crippen molar-refractivity contribution >= 4 is 38.4 Å². The van der Waals surface area contributed by atoms with E-state index in [2.05, 4.69) is 26.2 Å². The normalized spacial score (nSPS) is 11.7. The molecule has 1 heterocycles. The number of amides is 1. The summed E-state index contributed by atoms with van der Waals surface area (Å²) in [5.74, 6) is -0.437. The van der Waals surface area contributed by atoms with Gasteiger partial charge in [0.1, 0.15) is 0 Å². The van der Waals surface area contributed by atoms with E-state index in [9.17, 15) is 9.90 Å². The van der Waals surface area contributed by atoms with Crippen molar-refractivity contribution in [1.82, 2.24) is 4.57 Å². The number of nitrogens with zero attached hydrogens (tertiary/aromatic N) is 3. The van der Waals surface area contributed by atoms with Gasteiger partial charge in [0.2, 0.25) is 5.88 Å². The summed E-state index contributed by atoms with van der Waals surface area (Å²) in [5, 5.41) is 19.2. The van der Waals surface area contributed by atoms with E-state index in [-0.39, 0.29) is 11.9 Å². The van der Waals surface area contributed by atoms with E-state index in [1.54, 1.807) is 28.8 Å². The standard InChI is InChI=1S/C19H18BrN3O2/c1-11(2)23-16-9-4-12(3)10-15(16)17(19(23)25)21-22-18(24)13-5-7-14(20)8-6-13/h4-11,25H,1-3H3. The van der Waals surface area contributed by atoms with E-state index in [1.807, 2.05) is 39.0 Å². The molecule has 128 valence electrons. The van der Waals surface area contributed by atoms with Crippen molar-refractivity contribution in [1.29, 1.82) is 0 Å². The van der Waals surface area contributed by atoms with Crippen LogP contribution in [-0.4, -0.2) is 15.6 Å². The van der Waals surface area contributed by atoms with E-state index < -0.39 is 5.91 Å². The van der Waals surface area contributed by atoms with Crippen LogP contribution in [-0.2, 0) is 0 Å². The Hall–Kier alpha value is -2.47. The molecule has 2 aromatic carbocycles. The van der Waals surface area contributed by atoms with Gasteiger partial charge in [0.05, 0.1) is 5.52 Å². The van der Waals surface area contributed by atoms with Gasteiger partial charge in [0.15, 0.2) is 5.69 Å². The number of carbonyl (C=O) groups is 1. The molecule has 3 rings (SSSR count). The number of halogens is 1. The van der Waals surface area contributed by atoms with Gasteiger partial charge < -0.3 is 9.67 Å². The lowest BCUT2D eigenvalue weighted by atomic mass is 10.1. The zero-order valence-corrected chi connectivity index (χ0v) is 15.8. The zero-order chi connectivity index (χ0) is 18.1. The number of rotatable bonds is 3. The molecule has 1 aromatic heterocycles. The maximum atomic E-state index is 12.2. The molecule has 5 nitrogen and oxygen atoms in total. The minimum atomic E-state index is -0.454. The summed E-state index contributed by atoms with van der Waals surface area (Å²) in [6.07, 6.45) is 0. The third-order valence-corrected chi connectivity index (χ3v) is 4.48. The third kappa shape index (κ3) is 3.35. The molecule has 0 radical (unpaired) electrons. The number of aryl methyl sites for hydroxylation is 1. The van der Waals surface area contributed by atoms with Crippen LogP contribution in [0.4, 0.5) is 5.69 Å². The second kappa shape index (κ2) is 6.80. The largest absolute Gasteiger partial charge is 0.493 e. The molecule has 1 N–H and O–H groups in total. The quantitative estimate of drug-likeness (QED) is 0.555. The Kier molecular flexibility index (Phi) is 4.72. The van der Waals surface area contributed by atoms with Crippen LogP contribution in [0, 0.1) is 6.92 Å². The molecule has 6 heteroatoms. The molecule has 0 unspecified atom stereocenters. The molecule has 0 spiro atoms. The highest BCUT2D eigenvalue weighted by atomic mass is 79.9. The van der Waals surface area contributed by atoms with Crippen molar-refractivity contribution in [2.45, 2.75) is 26.8 Å². The average molecular weight is 400 g/mol. The molecular weight excluding hydrogens is 382 g/mol. The van der Waals surface area contributed by atoms with Gasteiger partial charge in [0, 0.05) is 21.5 Å². The van der Waals surface area contributed by atoms with Crippen molar-refractivity contribution in [3.63, 3.8) is 0 Å². The highest BCUT2D eigenvalue weighted by Gasteiger charge is 2.19. The van der Waals surface area contributed by atoms with Crippen LogP contribution in [0.3, 0.4) is 0 Å². The summed E-state index contributed by atoms with van der Waals surface area (Å²) in [7, 11) is 0. The average Bonchev–Trinajstić information content (AvgIpc) is 2.84. The van der Waals surface area contributed by atoms with E-state index in [0.717, 1.165) is 20.9 Å². The molecular formula is C19H18BrN3O2. The van der Waals surface area contributed by atoms with E-state index in [0.29, 0.717) is 11.3 Å². The SMILES string of the molecule is Cc1ccc2c(c1)c(N=NC(=O)c1ccc(Br)cc1)c(O)n2C(C)C. The predicted octanol–water partition coefficient (Wildman–Crippen LogP) is 5.92. The number of aromatic nitrogens is 1. The molecule has 0 atom stereocenters. The summed E-state index contributed by atoms with van der Waals surface area (Å²) >= 11 is 3.33. The van der Waals surface area contributed by atoms with Crippen molar-refractivity contribution in [3.05, 3.63) is 58.1 Å². The lowest BCUT2D eigenvalue weighted by Gasteiger charge is -2.10. The van der Waals surface area contributed by atoms with Gasteiger partial charge in [-0.2, -0.15) is 0 Å². The molecule has 0 aliphatic heterocycles. The van der Waals surface area contributed by atoms with Gasteiger partial charge in [-0.25, -0.2) is 0 Å². The van der Waals surface area contributed by atoms with Crippen molar-refractivity contribution in [2.75, 3.05) is 0 Å². The molecule has 0 saturated heterocycles. The highest BCUT2D eigenvalue weighted by molar-refractivity contribution is 9.10. The van der Waals surface area contributed by atoms with Gasteiger partial charge in [-0.3, -0.25) is 4.79 Å². The summed E-state index contributed by atoms with van der Waals surface area (Å²) in [6.45, 7) is 5.93. The zero-order valence-electron chi connectivity index (χ0n) is 14.2. The predicted molar refractivity (Wildman–Crippen MR) is 102 cm³/mol. The first-order valence-electron chi connectivity index (χ1n) is 7.93. The molecule has 0 fully saturated rings. The van der Waals surface area contributed by atoms with Crippen LogP contribution < -0.4 is 0 Å². The fourth-order valence-electron chi connectivity index (χ4n) is 2.77. The second-order valence-electron chi connectivity index (χ2n) is 6.17. The minimum absolute atomic E-state index is 0.0166. The first-order chi connectivity index (χ1) is 11.9. The smallest absolute Gasteiger partial charge is 0.295 e. The van der Waals surface area contributed by atoms with Crippen LogP contribution in [0.1, 0.15) is 35.8 Å². The lowest BCUT2D eigenvalue weighted by molar-refractivity contribution is 0.0995. The van der Waals surface area contributed by atoms with E-state index in [4.69, 9.17) is 0 Å². The van der Waals surface area contributed by atoms with Crippen molar-refractivity contribution in [3.8, 4) is 5.88 Å². The molecule has 1 amide bonds. The van der Waals surface area contributed by atoms with E-state index in [1.165, 1.54) is 0 Å². The van der Waals surface area contributed by atoms with Crippen LogP contribution >= 0.6 is 15.9 Å². The van der Waals surface area contributed by atoms with Gasteiger partial charge in [-0.1, -0.05) is 27.6 Å². The highest BCUT2D eigenvalue weighted by Crippen LogP contribution is 2.41. The summed E-state index contributed by atoms with van der Waals surface area (Å²) in [6, 6.07) is 12.8. The third-order valence-electron chi connectivity index (χ3n) is 3.96. The Balaban J connectivity index is 2.06. The fraction of sp³-hybridized carbons (Fsp3) is 0.211. The maximum absolute atomic E-state index is 12.2. The number of hydrogen-bond donors (Lipinski definition) is 1. The lowest BCUT2D eigenvalue weighted by Crippen LogP contribution is -1.99. The van der Waals surface area contributed by atoms with Crippen molar-refractivity contribution in [2.24, 2.45) is 10.2 Å². The number of benzene rings is 2. The Morgan fingerprint density at radius 2 is 1.84 bits per heavy atom. The van der Waals surface area contributed by atoms with E-state index >= 15 is 0 Å². The first kappa shape index (κ1) is 17.4. The Morgan fingerprint density at radius 1 is 1.16 bits per heavy atom. The molecule has 25 heavy (non-hydrogen) atoms. The molecule has 0 aliphatic rings. The molecule has 0 aliphatic carbocycles. The van der Waals surface area contributed by atoms with Gasteiger partial charge in [-0.15, -0.1) is 10.2 Å². The van der Waals surface area contributed by atoms with Crippen LogP contribution in [0.5, 0.6) is 5.88 Å². The minimum Gasteiger partial charge on any atom is -0.493 e. The number of hydrogen-bond acceptors (Lipinski definition) is 3. The number of azo groups is 1. The van der Waals surface area contributed by atoms with Crippen molar-refractivity contribution < 1.29 is 9.90 Å². The fourth-order valence-corrected chi connectivity index (χ4v) is 3.03. The second-order valence-corrected chi connectivity index (χ2v) is 7.08. The Labute approximate surface area is 154 Å². The van der Waals surface area contributed by atoms with Crippen LogP contribution in [0.25, 0.3) is 10.9 Å². The van der Waals surface area contributed by atoms with Gasteiger partial charge >= 0.3 is 0 Å². The topological polar surface area (TPSA) is 66.9 Å². The van der Waals surface area contributed by atoms with Gasteiger partial charge in [-0.05, 0) is 57.2 Å². The number of aromatic hydroxyl groups is 1. The molecule has 0 bridgehead atoms. The summed E-state index contributed by atoms with van der Waals surface area (Å²) in [5.41, 5.74) is 2.67. The first-order valence-corrected chi connectivity index (χ1v) is 8.73. The van der Waals surface area contributed by atoms with Gasteiger partial charge in [0.25, 0.3) is 5.91 Å². The number of fused-ring (bicyclic) bond motifs is 1. The molecule has 0 saturated carbocycles.